The van der Waals surface area contributed by atoms with Crippen LogP contribution in [0.3, 0.4) is 0 Å². The molecule has 7 nitrogen and oxygen atoms in total. The summed E-state index contributed by atoms with van der Waals surface area (Å²) >= 11 is 1.38. The van der Waals surface area contributed by atoms with E-state index < -0.39 is 0 Å². The van der Waals surface area contributed by atoms with Crippen molar-refractivity contribution in [1.29, 1.82) is 0 Å². The maximum absolute atomic E-state index is 11.9. The number of amides is 1. The third-order valence-electron chi connectivity index (χ3n) is 3.36. The van der Waals surface area contributed by atoms with Crippen LogP contribution in [-0.4, -0.2) is 31.8 Å². The molecule has 3 rings (SSSR count). The second kappa shape index (κ2) is 8.39. The lowest BCUT2D eigenvalue weighted by molar-refractivity contribution is -0.118. The average molecular weight is 355 g/mol. The second-order valence-corrected chi connectivity index (χ2v) is 6.17. The van der Waals surface area contributed by atoms with Crippen LogP contribution in [0.1, 0.15) is 18.3 Å². The van der Waals surface area contributed by atoms with Crippen LogP contribution in [-0.2, 0) is 17.8 Å². The van der Waals surface area contributed by atoms with Crippen LogP contribution in [0.25, 0.3) is 11.5 Å². The van der Waals surface area contributed by atoms with Crippen molar-refractivity contribution in [2.45, 2.75) is 24.9 Å². The minimum Gasteiger partial charge on any atom is -0.351 e. The Hall–Kier alpha value is -2.74. The van der Waals surface area contributed by atoms with Gasteiger partial charge in [-0.25, -0.2) is 4.98 Å². The molecule has 0 radical (unpaired) electrons. The van der Waals surface area contributed by atoms with Crippen molar-refractivity contribution in [1.82, 2.24) is 25.4 Å². The number of carbonyl (C=O) groups is 1. The lowest BCUT2D eigenvalue weighted by Crippen LogP contribution is -2.24. The van der Waals surface area contributed by atoms with Gasteiger partial charge in [0.25, 0.3) is 5.89 Å². The van der Waals surface area contributed by atoms with E-state index in [9.17, 15) is 4.79 Å². The first-order chi connectivity index (χ1) is 12.2. The van der Waals surface area contributed by atoms with Crippen molar-refractivity contribution in [3.63, 3.8) is 0 Å². The Balaban J connectivity index is 1.49. The number of carbonyl (C=O) groups excluding carboxylic acids is 1. The van der Waals surface area contributed by atoms with E-state index in [1.54, 1.807) is 18.6 Å². The summed E-state index contributed by atoms with van der Waals surface area (Å²) in [6.45, 7) is 2.46. The summed E-state index contributed by atoms with van der Waals surface area (Å²) in [6, 6.07) is 7.44. The summed E-state index contributed by atoms with van der Waals surface area (Å²) in [5.41, 5.74) is 1.78. The van der Waals surface area contributed by atoms with Crippen LogP contribution in [0.5, 0.6) is 0 Å². The van der Waals surface area contributed by atoms with Crippen LogP contribution in [0, 0.1) is 0 Å². The molecule has 128 valence electrons. The normalized spacial score (nSPS) is 10.6. The Morgan fingerprint density at radius 2 is 2.08 bits per heavy atom. The van der Waals surface area contributed by atoms with Crippen LogP contribution < -0.4 is 5.32 Å². The van der Waals surface area contributed by atoms with E-state index in [2.05, 4.69) is 25.4 Å². The molecule has 3 aromatic rings. The highest BCUT2D eigenvalue weighted by Gasteiger charge is 2.09. The van der Waals surface area contributed by atoms with Crippen molar-refractivity contribution in [3.8, 4) is 11.5 Å². The molecule has 0 aliphatic rings. The molecule has 1 N–H and O–H groups in total. The molecular formula is C17H17N5O2S. The molecule has 0 aliphatic heterocycles. The number of nitrogens with zero attached hydrogens (tertiary/aromatic N) is 4. The number of hydrogen-bond acceptors (Lipinski definition) is 7. The zero-order valence-corrected chi connectivity index (χ0v) is 14.5. The highest BCUT2D eigenvalue weighted by atomic mass is 32.2. The Labute approximate surface area is 149 Å². The van der Waals surface area contributed by atoms with Gasteiger partial charge >= 0.3 is 0 Å². The fourth-order valence-corrected chi connectivity index (χ4v) is 2.67. The van der Waals surface area contributed by atoms with Gasteiger partial charge in [-0.3, -0.25) is 9.78 Å². The van der Waals surface area contributed by atoms with E-state index >= 15 is 0 Å². The molecule has 0 aromatic carbocycles. The number of aromatic nitrogens is 4. The molecule has 1 amide bonds. The van der Waals surface area contributed by atoms with E-state index in [-0.39, 0.29) is 5.91 Å². The van der Waals surface area contributed by atoms with Crippen molar-refractivity contribution >= 4 is 17.7 Å². The Morgan fingerprint density at radius 3 is 2.76 bits per heavy atom. The van der Waals surface area contributed by atoms with Gasteiger partial charge in [0.15, 0.2) is 5.82 Å². The van der Waals surface area contributed by atoms with Crippen molar-refractivity contribution in [2.24, 2.45) is 0 Å². The summed E-state index contributed by atoms with van der Waals surface area (Å²) in [5.74, 6) is 1.38. The van der Waals surface area contributed by atoms with Gasteiger partial charge in [-0.1, -0.05) is 23.8 Å². The molecule has 0 fully saturated rings. The Morgan fingerprint density at radius 1 is 1.24 bits per heavy atom. The van der Waals surface area contributed by atoms with Gasteiger partial charge in [-0.15, -0.1) is 0 Å². The monoisotopic (exact) mass is 355 g/mol. The number of rotatable bonds is 7. The molecule has 0 unspecified atom stereocenters. The van der Waals surface area contributed by atoms with Gasteiger partial charge in [0.05, 0.1) is 16.3 Å². The number of hydrogen-bond donors (Lipinski definition) is 1. The summed E-state index contributed by atoms with van der Waals surface area (Å²) < 4.78 is 5.18. The fourth-order valence-electron chi connectivity index (χ4n) is 2.00. The molecular weight excluding hydrogens is 338 g/mol. The topological polar surface area (TPSA) is 93.8 Å². The molecule has 0 bridgehead atoms. The molecule has 8 heteroatoms. The molecule has 3 aromatic heterocycles. The molecule has 0 spiro atoms. The van der Waals surface area contributed by atoms with Gasteiger partial charge in [0, 0.05) is 31.6 Å². The highest BCUT2D eigenvalue weighted by molar-refractivity contribution is 7.99. The zero-order chi connectivity index (χ0) is 17.5. The minimum atomic E-state index is -0.0443. The summed E-state index contributed by atoms with van der Waals surface area (Å²) in [5, 5.41) is 7.49. The van der Waals surface area contributed by atoms with Crippen molar-refractivity contribution in [2.75, 3.05) is 5.75 Å². The first-order valence-electron chi connectivity index (χ1n) is 7.82. The number of pyridine rings is 2. The van der Waals surface area contributed by atoms with Gasteiger partial charge in [0.1, 0.15) is 0 Å². The largest absolute Gasteiger partial charge is 0.351 e. The molecule has 3 heterocycles. The lowest BCUT2D eigenvalue weighted by atomic mass is 10.3. The van der Waals surface area contributed by atoms with Crippen molar-refractivity contribution < 1.29 is 9.32 Å². The SMILES string of the molecule is CCc1noc(-c2ccc(SCC(=O)NCc3ccncc3)nc2)n1. The average Bonchev–Trinajstić information content (AvgIpc) is 3.15. The first kappa shape index (κ1) is 17.1. The van der Waals surface area contributed by atoms with Crippen LogP contribution in [0.15, 0.2) is 52.4 Å². The highest BCUT2D eigenvalue weighted by Crippen LogP contribution is 2.20. The summed E-state index contributed by atoms with van der Waals surface area (Å²) in [7, 11) is 0. The minimum absolute atomic E-state index is 0.0443. The number of thioether (sulfide) groups is 1. The predicted molar refractivity (Wildman–Crippen MR) is 93.7 cm³/mol. The quantitative estimate of drug-likeness (QED) is 0.651. The first-order valence-corrected chi connectivity index (χ1v) is 8.80. The van der Waals surface area contributed by atoms with Crippen LogP contribution in [0.2, 0.25) is 0 Å². The third-order valence-corrected chi connectivity index (χ3v) is 4.30. The van der Waals surface area contributed by atoms with Gasteiger partial charge < -0.3 is 9.84 Å². The van der Waals surface area contributed by atoms with Gasteiger partial charge in [-0.2, -0.15) is 4.98 Å². The molecule has 0 saturated carbocycles. The zero-order valence-electron chi connectivity index (χ0n) is 13.7. The maximum atomic E-state index is 11.9. The van der Waals surface area contributed by atoms with Crippen LogP contribution in [0.4, 0.5) is 0 Å². The standard InChI is InChI=1S/C17H17N5O2S/c1-2-14-21-17(24-22-14)13-3-4-16(20-10-13)25-11-15(23)19-9-12-5-7-18-8-6-12/h3-8,10H,2,9,11H2,1H3,(H,19,23). The molecule has 0 atom stereocenters. The summed E-state index contributed by atoms with van der Waals surface area (Å²) in [4.78, 5) is 24.4. The fraction of sp³-hybridized carbons (Fsp3) is 0.235. The lowest BCUT2D eigenvalue weighted by Gasteiger charge is -2.05. The molecule has 0 saturated heterocycles. The van der Waals surface area contributed by atoms with E-state index in [0.29, 0.717) is 24.0 Å². The molecule has 25 heavy (non-hydrogen) atoms. The van der Waals surface area contributed by atoms with E-state index in [0.717, 1.165) is 22.6 Å². The number of nitrogens with one attached hydrogen (secondary N) is 1. The second-order valence-electron chi connectivity index (χ2n) is 5.18. The summed E-state index contributed by atoms with van der Waals surface area (Å²) in [6.07, 6.45) is 5.80. The molecule has 0 aliphatic carbocycles. The van der Waals surface area contributed by atoms with Crippen molar-refractivity contribution in [3.05, 3.63) is 54.2 Å². The smallest absolute Gasteiger partial charge is 0.259 e. The third kappa shape index (κ3) is 4.87. The van der Waals surface area contributed by atoms with E-state index in [4.69, 9.17) is 4.52 Å². The predicted octanol–water partition coefficient (Wildman–Crippen LogP) is 2.50. The Bertz CT molecular complexity index is 821. The number of aryl methyl sites for hydroxylation is 1. The maximum Gasteiger partial charge on any atom is 0.259 e. The van der Waals surface area contributed by atoms with E-state index in [1.807, 2.05) is 31.2 Å². The van der Waals surface area contributed by atoms with E-state index in [1.165, 1.54) is 11.8 Å². The van der Waals surface area contributed by atoms with Gasteiger partial charge in [-0.05, 0) is 29.8 Å². The Kier molecular flexibility index (Phi) is 5.73. The van der Waals surface area contributed by atoms with Crippen LogP contribution >= 0.6 is 11.8 Å². The van der Waals surface area contributed by atoms with Gasteiger partial charge in [0.2, 0.25) is 5.91 Å².